The molecule has 1 unspecified atom stereocenters. The fourth-order valence-electron chi connectivity index (χ4n) is 5.19. The molecule has 1 amide bonds. The molecule has 1 heterocycles. The van der Waals surface area contributed by atoms with E-state index >= 15 is 0 Å². The maximum Gasteiger partial charge on any atom is 0.307 e. The van der Waals surface area contributed by atoms with E-state index in [0.717, 1.165) is 48.7 Å². The number of carbonyl (C=O) groups is 2. The second kappa shape index (κ2) is 13.4. The van der Waals surface area contributed by atoms with E-state index in [1.54, 1.807) is 23.7 Å². The summed E-state index contributed by atoms with van der Waals surface area (Å²) >= 11 is 0. The molecule has 208 valence electrons. The monoisotopic (exact) mass is 538 g/mol. The number of benzene rings is 2. The molecule has 2 N–H and O–H groups in total. The summed E-state index contributed by atoms with van der Waals surface area (Å²) in [6.45, 7) is 4.29. The lowest BCUT2D eigenvalue weighted by Crippen LogP contribution is -2.26. The van der Waals surface area contributed by atoms with E-state index in [0.29, 0.717) is 30.2 Å². The van der Waals surface area contributed by atoms with Crippen molar-refractivity contribution in [3.05, 3.63) is 77.1 Å². The molecule has 0 spiro atoms. The van der Waals surface area contributed by atoms with Crippen molar-refractivity contribution < 1.29 is 23.1 Å². The van der Waals surface area contributed by atoms with Gasteiger partial charge in [0.05, 0.1) is 30.5 Å². The van der Waals surface area contributed by atoms with Crippen molar-refractivity contribution in [1.82, 2.24) is 15.1 Å². The first kappa shape index (κ1) is 28.3. The molecule has 1 atom stereocenters. The molecular weight excluding hydrogens is 502 g/mol. The molecule has 1 fully saturated rings. The topological polar surface area (TPSA) is 85.2 Å². The number of aryl methyl sites for hydroxylation is 1. The third kappa shape index (κ3) is 7.43. The quantitative estimate of drug-likeness (QED) is 0.287. The molecule has 39 heavy (non-hydrogen) atoms. The predicted molar refractivity (Wildman–Crippen MR) is 146 cm³/mol. The van der Waals surface area contributed by atoms with Crippen molar-refractivity contribution in [2.45, 2.75) is 64.8 Å². The molecule has 3 aromatic rings. The van der Waals surface area contributed by atoms with Crippen LogP contribution in [0.25, 0.3) is 5.69 Å². The third-order valence-electron chi connectivity index (χ3n) is 7.12. The fourth-order valence-corrected chi connectivity index (χ4v) is 5.19. The first-order valence-electron chi connectivity index (χ1n) is 13.7. The molecule has 1 saturated carbocycles. The normalized spacial score (nSPS) is 14.6. The van der Waals surface area contributed by atoms with Gasteiger partial charge in [-0.25, -0.2) is 13.5 Å². The number of nitrogens with zero attached hydrogens (tertiary/aromatic N) is 2. The molecule has 7 nitrogen and oxygen atoms in total. The van der Waals surface area contributed by atoms with Gasteiger partial charge >= 0.3 is 5.97 Å². The van der Waals surface area contributed by atoms with E-state index in [1.165, 1.54) is 18.6 Å². The van der Waals surface area contributed by atoms with Crippen molar-refractivity contribution in [3.63, 3.8) is 0 Å². The van der Waals surface area contributed by atoms with E-state index < -0.39 is 11.6 Å². The van der Waals surface area contributed by atoms with Gasteiger partial charge in [0, 0.05) is 35.6 Å². The lowest BCUT2D eigenvalue weighted by Gasteiger charge is -2.32. The highest BCUT2D eigenvalue weighted by Gasteiger charge is 2.29. The van der Waals surface area contributed by atoms with E-state index in [-0.39, 0.29) is 30.9 Å². The van der Waals surface area contributed by atoms with Gasteiger partial charge < -0.3 is 15.4 Å². The van der Waals surface area contributed by atoms with Crippen LogP contribution in [-0.4, -0.2) is 34.8 Å². The molecular formula is C30H36F2N4O3. The van der Waals surface area contributed by atoms with Gasteiger partial charge in [-0.2, -0.15) is 5.10 Å². The number of ether oxygens (including phenoxy) is 1. The Hall–Kier alpha value is -3.75. The number of anilines is 1. The molecule has 4 rings (SSSR count). The van der Waals surface area contributed by atoms with Crippen molar-refractivity contribution in [3.8, 4) is 5.69 Å². The molecule has 0 radical (unpaired) electrons. The minimum absolute atomic E-state index is 0.0448. The van der Waals surface area contributed by atoms with E-state index in [9.17, 15) is 18.4 Å². The van der Waals surface area contributed by atoms with Crippen LogP contribution in [0, 0.1) is 17.6 Å². The molecule has 9 heteroatoms. The summed E-state index contributed by atoms with van der Waals surface area (Å²) in [6.07, 6.45) is 8.34. The van der Waals surface area contributed by atoms with Crippen molar-refractivity contribution in [1.29, 1.82) is 0 Å². The minimum Gasteiger partial charge on any atom is -0.466 e. The van der Waals surface area contributed by atoms with Crippen LogP contribution in [0.3, 0.4) is 0 Å². The number of hydrogen-bond donors (Lipinski definition) is 2. The standard InChI is InChI=1S/C30H36F2N4O3/c1-3-27-26(19-36(35-27)25-17-22(31)16-23(32)18-25)29(20-8-6-5-7-9-20)34-24-12-10-21(11-13-24)30(38)33-15-14-28(37)39-4-2/h10-13,16-20,29,34H,3-9,14-15H2,1-2H3,(H,33,38). The van der Waals surface area contributed by atoms with Gasteiger partial charge in [-0.15, -0.1) is 0 Å². The molecule has 0 saturated heterocycles. The van der Waals surface area contributed by atoms with Crippen molar-refractivity contribution in [2.24, 2.45) is 5.92 Å². The van der Waals surface area contributed by atoms with E-state index in [2.05, 4.69) is 15.7 Å². The maximum atomic E-state index is 13.9. The number of halogens is 2. The Morgan fingerprint density at radius 2 is 1.74 bits per heavy atom. The molecule has 0 aliphatic heterocycles. The minimum atomic E-state index is -0.646. The van der Waals surface area contributed by atoms with Gasteiger partial charge in [-0.05, 0) is 68.5 Å². The van der Waals surface area contributed by atoms with Crippen LogP contribution in [0.4, 0.5) is 14.5 Å². The summed E-state index contributed by atoms with van der Waals surface area (Å²) in [5.41, 5.74) is 3.58. The van der Waals surface area contributed by atoms with E-state index in [4.69, 9.17) is 4.74 Å². The Morgan fingerprint density at radius 1 is 1.05 bits per heavy atom. The van der Waals surface area contributed by atoms with Crippen LogP contribution in [-0.2, 0) is 16.0 Å². The van der Waals surface area contributed by atoms with Crippen molar-refractivity contribution in [2.75, 3.05) is 18.5 Å². The fraction of sp³-hybridized carbons (Fsp3) is 0.433. The SMILES string of the molecule is CCOC(=O)CCNC(=O)c1ccc(NC(c2cn(-c3cc(F)cc(F)c3)nc2CC)C2CCCCC2)cc1. The largest absolute Gasteiger partial charge is 0.466 e. The highest BCUT2D eigenvalue weighted by molar-refractivity contribution is 5.94. The summed E-state index contributed by atoms with van der Waals surface area (Å²) in [5.74, 6) is -1.52. The first-order chi connectivity index (χ1) is 18.9. The lowest BCUT2D eigenvalue weighted by atomic mass is 9.81. The van der Waals surface area contributed by atoms with Gasteiger partial charge in [0.2, 0.25) is 0 Å². The van der Waals surface area contributed by atoms with Crippen LogP contribution < -0.4 is 10.6 Å². The van der Waals surface area contributed by atoms with Crippen molar-refractivity contribution >= 4 is 17.6 Å². The summed E-state index contributed by atoms with van der Waals surface area (Å²) in [4.78, 5) is 24.0. The summed E-state index contributed by atoms with van der Waals surface area (Å²) < 4.78 is 34.3. The van der Waals surface area contributed by atoms with Gasteiger partial charge in [-0.1, -0.05) is 26.2 Å². The zero-order valence-electron chi connectivity index (χ0n) is 22.5. The van der Waals surface area contributed by atoms with Crippen LogP contribution in [0.1, 0.15) is 80.0 Å². The second-order valence-corrected chi connectivity index (χ2v) is 9.87. The number of rotatable bonds is 11. The van der Waals surface area contributed by atoms with E-state index in [1.807, 2.05) is 25.3 Å². The number of esters is 1. The maximum absolute atomic E-state index is 13.9. The number of aromatic nitrogens is 2. The van der Waals surface area contributed by atoms with Crippen LogP contribution in [0.5, 0.6) is 0 Å². The number of carbonyl (C=O) groups excluding carboxylic acids is 2. The average molecular weight is 539 g/mol. The third-order valence-corrected chi connectivity index (χ3v) is 7.12. The van der Waals surface area contributed by atoms with Gasteiger partial charge in [0.1, 0.15) is 11.6 Å². The second-order valence-electron chi connectivity index (χ2n) is 9.87. The Morgan fingerprint density at radius 3 is 2.38 bits per heavy atom. The predicted octanol–water partition coefficient (Wildman–Crippen LogP) is 6.13. The zero-order valence-corrected chi connectivity index (χ0v) is 22.5. The summed E-state index contributed by atoms with van der Waals surface area (Å²) in [5, 5.41) is 11.1. The lowest BCUT2D eigenvalue weighted by molar-refractivity contribution is -0.142. The molecule has 1 aromatic heterocycles. The smallest absolute Gasteiger partial charge is 0.307 e. The van der Waals surface area contributed by atoms with Crippen LogP contribution >= 0.6 is 0 Å². The highest BCUT2D eigenvalue weighted by atomic mass is 19.1. The summed E-state index contributed by atoms with van der Waals surface area (Å²) in [7, 11) is 0. The van der Waals surface area contributed by atoms with Crippen LogP contribution in [0.15, 0.2) is 48.7 Å². The molecule has 1 aliphatic rings. The zero-order chi connectivity index (χ0) is 27.8. The number of amides is 1. The Bertz CT molecular complexity index is 1250. The first-order valence-corrected chi connectivity index (χ1v) is 13.7. The molecule has 2 aromatic carbocycles. The van der Waals surface area contributed by atoms with Gasteiger partial charge in [-0.3, -0.25) is 9.59 Å². The van der Waals surface area contributed by atoms with Gasteiger partial charge in [0.15, 0.2) is 0 Å². The number of nitrogens with one attached hydrogen (secondary N) is 2. The molecule has 1 aliphatic carbocycles. The Labute approximate surface area is 227 Å². The number of hydrogen-bond acceptors (Lipinski definition) is 5. The Balaban J connectivity index is 1.54. The van der Waals surface area contributed by atoms with Crippen LogP contribution in [0.2, 0.25) is 0 Å². The van der Waals surface area contributed by atoms with Gasteiger partial charge in [0.25, 0.3) is 5.91 Å². The Kier molecular flexibility index (Phi) is 9.68. The average Bonchev–Trinajstić information content (AvgIpc) is 3.36. The molecule has 0 bridgehead atoms. The summed E-state index contributed by atoms with van der Waals surface area (Å²) in [6, 6.07) is 10.6. The highest BCUT2D eigenvalue weighted by Crippen LogP contribution is 2.38.